The number of rotatable bonds is 6. The summed E-state index contributed by atoms with van der Waals surface area (Å²) in [7, 11) is 0. The normalized spacial score (nSPS) is 14.4. The molecule has 2 heterocycles. The molecule has 150 valence electrons. The van der Waals surface area contributed by atoms with Crippen LogP contribution in [0.5, 0.6) is 0 Å². The number of carbonyl (C=O) groups excluding carboxylic acids is 2. The molecule has 7 heteroatoms. The van der Waals surface area contributed by atoms with E-state index in [1.54, 1.807) is 29.5 Å². The van der Waals surface area contributed by atoms with Crippen LogP contribution in [0.1, 0.15) is 34.2 Å². The van der Waals surface area contributed by atoms with E-state index in [4.69, 9.17) is 4.74 Å². The van der Waals surface area contributed by atoms with Crippen molar-refractivity contribution < 1.29 is 14.3 Å². The Bertz CT molecular complexity index is 1180. The molecule has 0 aliphatic heterocycles. The average molecular weight is 435 g/mol. The summed E-state index contributed by atoms with van der Waals surface area (Å²) in [5, 5.41) is 3.80. The molecule has 2 aromatic carbocycles. The number of ether oxygens (including phenoxy) is 1. The molecule has 0 radical (unpaired) electrons. The van der Waals surface area contributed by atoms with Crippen molar-refractivity contribution in [2.45, 2.75) is 25.0 Å². The van der Waals surface area contributed by atoms with Crippen LogP contribution >= 0.6 is 22.7 Å². The highest BCUT2D eigenvalue weighted by atomic mass is 32.1. The van der Waals surface area contributed by atoms with Gasteiger partial charge in [0.15, 0.2) is 0 Å². The number of thiophene rings is 1. The lowest BCUT2D eigenvalue weighted by Crippen LogP contribution is -2.33. The van der Waals surface area contributed by atoms with Crippen molar-refractivity contribution in [3.8, 4) is 9.88 Å². The van der Waals surface area contributed by atoms with Gasteiger partial charge in [-0.25, -0.2) is 9.78 Å². The van der Waals surface area contributed by atoms with Gasteiger partial charge in [0.05, 0.1) is 15.1 Å². The molecular weight excluding hydrogens is 416 g/mol. The Morgan fingerprint density at radius 3 is 2.50 bits per heavy atom. The van der Waals surface area contributed by atoms with Crippen LogP contribution < -0.4 is 5.32 Å². The SMILES string of the molecule is O=C(OC(C(=O)NC1CC1)c1ccccc1)c1ccc(-c2nc3ccccc3s2)s1. The lowest BCUT2D eigenvalue weighted by Gasteiger charge is -2.17. The third kappa shape index (κ3) is 3.99. The largest absolute Gasteiger partial charge is 0.443 e. The Kier molecular flexibility index (Phi) is 5.06. The quantitative estimate of drug-likeness (QED) is 0.424. The Morgan fingerprint density at radius 1 is 0.967 bits per heavy atom. The van der Waals surface area contributed by atoms with Gasteiger partial charge in [-0.2, -0.15) is 0 Å². The first kappa shape index (κ1) is 19.0. The number of benzene rings is 2. The zero-order chi connectivity index (χ0) is 20.5. The van der Waals surface area contributed by atoms with E-state index in [2.05, 4.69) is 10.3 Å². The number of hydrogen-bond donors (Lipinski definition) is 1. The van der Waals surface area contributed by atoms with Crippen LogP contribution in [-0.2, 0) is 9.53 Å². The maximum Gasteiger partial charge on any atom is 0.349 e. The second kappa shape index (κ2) is 8.01. The molecule has 1 aliphatic rings. The minimum Gasteiger partial charge on any atom is -0.443 e. The fourth-order valence-electron chi connectivity index (χ4n) is 3.11. The Balaban J connectivity index is 1.37. The molecule has 4 aromatic rings. The summed E-state index contributed by atoms with van der Waals surface area (Å²) < 4.78 is 6.77. The van der Waals surface area contributed by atoms with Gasteiger partial charge in [-0.3, -0.25) is 4.79 Å². The number of thiazole rings is 1. The van der Waals surface area contributed by atoms with Crippen LogP contribution in [0.2, 0.25) is 0 Å². The average Bonchev–Trinajstić information content (AvgIpc) is 3.28. The summed E-state index contributed by atoms with van der Waals surface area (Å²) in [5.74, 6) is -0.785. The van der Waals surface area contributed by atoms with Crippen molar-refractivity contribution >= 4 is 44.8 Å². The fourth-order valence-corrected chi connectivity index (χ4v) is 5.02. The molecule has 1 atom stereocenters. The molecule has 1 amide bonds. The van der Waals surface area contributed by atoms with E-state index >= 15 is 0 Å². The topological polar surface area (TPSA) is 68.3 Å². The summed E-state index contributed by atoms with van der Waals surface area (Å²) in [6.45, 7) is 0. The molecule has 2 aromatic heterocycles. The standard InChI is InChI=1S/C23H18N2O3S2/c26-21(24-15-10-11-15)20(14-6-2-1-3-7-14)28-23(27)19-13-12-18(29-19)22-25-16-8-4-5-9-17(16)30-22/h1-9,12-13,15,20H,10-11H2,(H,24,26). The molecule has 5 rings (SSSR count). The zero-order valence-corrected chi connectivity index (χ0v) is 17.5. The minimum atomic E-state index is -0.965. The molecule has 1 fully saturated rings. The molecule has 1 N–H and O–H groups in total. The first-order valence-electron chi connectivity index (χ1n) is 9.69. The van der Waals surface area contributed by atoms with Crippen molar-refractivity contribution in [1.29, 1.82) is 0 Å². The number of nitrogens with one attached hydrogen (secondary N) is 1. The van der Waals surface area contributed by atoms with E-state index < -0.39 is 12.1 Å². The predicted molar refractivity (Wildman–Crippen MR) is 119 cm³/mol. The van der Waals surface area contributed by atoms with Crippen molar-refractivity contribution in [3.63, 3.8) is 0 Å². The predicted octanol–water partition coefficient (Wildman–Crippen LogP) is 5.20. The van der Waals surface area contributed by atoms with Crippen molar-refractivity contribution in [2.75, 3.05) is 0 Å². The molecule has 1 aliphatic carbocycles. The van der Waals surface area contributed by atoms with Crippen molar-refractivity contribution in [2.24, 2.45) is 0 Å². The maximum absolute atomic E-state index is 12.8. The van der Waals surface area contributed by atoms with Crippen LogP contribution in [0.15, 0.2) is 66.7 Å². The molecule has 0 spiro atoms. The second-order valence-corrected chi connectivity index (χ2v) is 9.24. The summed E-state index contributed by atoms with van der Waals surface area (Å²) in [5.41, 5.74) is 1.60. The van der Waals surface area contributed by atoms with Crippen molar-refractivity contribution in [3.05, 3.63) is 77.2 Å². The molecular formula is C23H18N2O3S2. The number of amides is 1. The summed E-state index contributed by atoms with van der Waals surface area (Å²) in [6, 6.07) is 20.9. The van der Waals surface area contributed by atoms with Gasteiger partial charge in [0.2, 0.25) is 6.10 Å². The van der Waals surface area contributed by atoms with Gasteiger partial charge in [0, 0.05) is 11.6 Å². The molecule has 0 bridgehead atoms. The number of esters is 1. The summed E-state index contributed by atoms with van der Waals surface area (Å²) >= 11 is 2.91. The monoisotopic (exact) mass is 434 g/mol. The number of carbonyl (C=O) groups is 2. The highest BCUT2D eigenvalue weighted by Crippen LogP contribution is 2.35. The van der Waals surface area contributed by atoms with E-state index in [1.165, 1.54) is 11.3 Å². The Morgan fingerprint density at radius 2 is 1.73 bits per heavy atom. The van der Waals surface area contributed by atoms with Crippen LogP contribution in [0.4, 0.5) is 0 Å². The Labute approximate surface area is 181 Å². The maximum atomic E-state index is 12.8. The van der Waals surface area contributed by atoms with Crippen molar-refractivity contribution in [1.82, 2.24) is 10.3 Å². The molecule has 0 saturated heterocycles. The smallest absolute Gasteiger partial charge is 0.349 e. The van der Waals surface area contributed by atoms with Crippen LogP contribution in [0.25, 0.3) is 20.1 Å². The number of nitrogens with zero attached hydrogens (tertiary/aromatic N) is 1. The van der Waals surface area contributed by atoms with Crippen LogP contribution in [0, 0.1) is 0 Å². The minimum absolute atomic E-state index is 0.190. The fraction of sp³-hybridized carbons (Fsp3) is 0.174. The van der Waals surface area contributed by atoms with Crippen LogP contribution in [-0.4, -0.2) is 22.9 Å². The van der Waals surface area contributed by atoms with E-state index in [0.29, 0.717) is 10.4 Å². The van der Waals surface area contributed by atoms with Gasteiger partial charge in [-0.1, -0.05) is 42.5 Å². The van der Waals surface area contributed by atoms with Gasteiger partial charge in [-0.15, -0.1) is 22.7 Å². The molecule has 1 unspecified atom stereocenters. The summed E-state index contributed by atoms with van der Waals surface area (Å²) in [6.07, 6.45) is 0.974. The van der Waals surface area contributed by atoms with Gasteiger partial charge in [0.1, 0.15) is 9.88 Å². The third-order valence-electron chi connectivity index (χ3n) is 4.80. The first-order chi connectivity index (χ1) is 14.7. The van der Waals surface area contributed by atoms with E-state index in [0.717, 1.165) is 32.9 Å². The third-order valence-corrected chi connectivity index (χ3v) is 7.07. The molecule has 30 heavy (non-hydrogen) atoms. The lowest BCUT2D eigenvalue weighted by atomic mass is 10.1. The van der Waals surface area contributed by atoms with E-state index in [-0.39, 0.29) is 11.9 Å². The van der Waals surface area contributed by atoms with E-state index in [9.17, 15) is 9.59 Å². The number of fused-ring (bicyclic) bond motifs is 1. The summed E-state index contributed by atoms with van der Waals surface area (Å²) in [4.78, 5) is 31.5. The van der Waals surface area contributed by atoms with Crippen LogP contribution in [0.3, 0.4) is 0 Å². The van der Waals surface area contributed by atoms with E-state index in [1.807, 2.05) is 48.5 Å². The number of para-hydroxylation sites is 1. The highest BCUT2D eigenvalue weighted by Gasteiger charge is 2.31. The van der Waals surface area contributed by atoms with Gasteiger partial charge in [-0.05, 0) is 37.1 Å². The zero-order valence-electron chi connectivity index (χ0n) is 15.9. The van der Waals surface area contributed by atoms with Gasteiger partial charge in [0.25, 0.3) is 5.91 Å². The van der Waals surface area contributed by atoms with Gasteiger partial charge >= 0.3 is 5.97 Å². The molecule has 5 nitrogen and oxygen atoms in total. The first-order valence-corrected chi connectivity index (χ1v) is 11.3. The number of aromatic nitrogens is 1. The lowest BCUT2D eigenvalue weighted by molar-refractivity contribution is -0.130. The number of hydrogen-bond acceptors (Lipinski definition) is 6. The second-order valence-electron chi connectivity index (χ2n) is 7.13. The Hall–Kier alpha value is -3.03. The molecule has 1 saturated carbocycles. The highest BCUT2D eigenvalue weighted by molar-refractivity contribution is 7.26. The van der Waals surface area contributed by atoms with Gasteiger partial charge < -0.3 is 10.1 Å².